The Balaban J connectivity index is 3.28. The largest absolute Gasteiger partial charge is 0.381 e. The van der Waals surface area contributed by atoms with Gasteiger partial charge in [0.2, 0.25) is 5.78 Å². The lowest BCUT2D eigenvalue weighted by Gasteiger charge is -2.18. The van der Waals surface area contributed by atoms with Crippen LogP contribution >= 0.6 is 11.8 Å². The maximum atomic E-state index is 12.1. The van der Waals surface area contributed by atoms with Gasteiger partial charge in [0.05, 0.1) is 4.91 Å². The van der Waals surface area contributed by atoms with E-state index in [1.807, 2.05) is 0 Å². The van der Waals surface area contributed by atoms with Crippen LogP contribution in [0.5, 0.6) is 0 Å². The second-order valence-electron chi connectivity index (χ2n) is 3.81. The number of Topliss-reactive ketones (excluding diaryl/α,β-unsaturated/α-hetero) is 1. The van der Waals surface area contributed by atoms with Crippen molar-refractivity contribution in [2.45, 2.75) is 6.92 Å². The minimum Gasteiger partial charge on any atom is -0.381 e. The van der Waals surface area contributed by atoms with E-state index in [2.05, 4.69) is 11.9 Å². The number of likely N-dealkylation sites (N-methyl/N-ethyl adjacent to an activating group) is 1. The molecule has 0 unspecified atom stereocenters. The van der Waals surface area contributed by atoms with Crippen LogP contribution in [0.3, 0.4) is 0 Å². The first-order valence-electron chi connectivity index (χ1n) is 5.55. The predicted octanol–water partition coefficient (Wildman–Crippen LogP) is 0.807. The van der Waals surface area contributed by atoms with Crippen molar-refractivity contribution in [1.29, 1.82) is 0 Å². The summed E-state index contributed by atoms with van der Waals surface area (Å²) in [5.41, 5.74) is 0.0577. The van der Waals surface area contributed by atoms with Gasteiger partial charge in [-0.25, -0.2) is 8.42 Å². The second-order valence-corrected chi connectivity index (χ2v) is 6.82. The summed E-state index contributed by atoms with van der Waals surface area (Å²) in [5.74, 6) is -0.663. The topological polar surface area (TPSA) is 80.3 Å². The molecular weight excluding hydrogens is 286 g/mol. The molecule has 0 amide bonds. The molecule has 0 saturated carbocycles. The van der Waals surface area contributed by atoms with Gasteiger partial charge in [0.25, 0.3) is 0 Å². The highest BCUT2D eigenvalue weighted by Crippen LogP contribution is 2.28. The lowest BCUT2D eigenvalue weighted by molar-refractivity contribution is -0.115. The van der Waals surface area contributed by atoms with E-state index in [1.165, 1.54) is 0 Å². The summed E-state index contributed by atoms with van der Waals surface area (Å²) in [6.07, 6.45) is 3.41. The van der Waals surface area contributed by atoms with Crippen LogP contribution in [0, 0.1) is 0 Å². The number of sulfone groups is 1. The molecule has 0 aromatic carbocycles. The number of thioether (sulfide) groups is 1. The zero-order chi connectivity index (χ0) is 14.6. The normalized spacial score (nSPS) is 16.4. The second kappa shape index (κ2) is 6.21. The first kappa shape index (κ1) is 15.7. The van der Waals surface area contributed by atoms with E-state index >= 15 is 0 Å². The van der Waals surface area contributed by atoms with Gasteiger partial charge in [-0.05, 0) is 6.92 Å². The summed E-state index contributed by atoms with van der Waals surface area (Å²) < 4.78 is 23.0. The van der Waals surface area contributed by atoms with Gasteiger partial charge in [-0.15, -0.1) is 18.3 Å². The number of allylic oxidation sites excluding steroid dienone is 3. The first-order valence-corrected chi connectivity index (χ1v) is 8.43. The van der Waals surface area contributed by atoms with E-state index in [0.717, 1.165) is 24.1 Å². The van der Waals surface area contributed by atoms with Gasteiger partial charge >= 0.3 is 0 Å². The molecular formula is C12H15NO4S2. The van der Waals surface area contributed by atoms with E-state index in [0.29, 0.717) is 12.3 Å². The molecule has 7 heteroatoms. The van der Waals surface area contributed by atoms with Gasteiger partial charge in [-0.3, -0.25) is 9.59 Å². The molecule has 0 spiro atoms. The van der Waals surface area contributed by atoms with Gasteiger partial charge in [0, 0.05) is 24.6 Å². The van der Waals surface area contributed by atoms with E-state index in [1.54, 1.807) is 13.0 Å². The van der Waals surface area contributed by atoms with E-state index in [9.17, 15) is 18.0 Å². The highest BCUT2D eigenvalue weighted by atomic mass is 32.2. The monoisotopic (exact) mass is 301 g/mol. The van der Waals surface area contributed by atoms with Crippen LogP contribution in [-0.2, 0) is 19.4 Å². The Labute approximate surface area is 116 Å². The smallest absolute Gasteiger partial charge is 0.221 e. The molecule has 0 aliphatic heterocycles. The van der Waals surface area contributed by atoms with Crippen molar-refractivity contribution >= 4 is 33.2 Å². The Morgan fingerprint density at radius 3 is 2.53 bits per heavy atom. The number of carbonyl (C=O) groups is 2. The SMILES string of the molecule is C=CCSC1=C(NCC)C(=O)C(S(C)(=O)=O)=CC1=O. The predicted molar refractivity (Wildman–Crippen MR) is 76.3 cm³/mol. The number of nitrogens with one attached hydrogen (secondary N) is 1. The van der Waals surface area contributed by atoms with E-state index < -0.39 is 26.3 Å². The number of hydrogen-bond donors (Lipinski definition) is 1. The molecule has 1 aliphatic carbocycles. The minimum atomic E-state index is -3.72. The van der Waals surface area contributed by atoms with Crippen LogP contribution in [0.25, 0.3) is 0 Å². The molecule has 104 valence electrons. The van der Waals surface area contributed by atoms with Crippen LogP contribution in [0.15, 0.2) is 34.2 Å². The zero-order valence-electron chi connectivity index (χ0n) is 10.7. The Hall–Kier alpha value is -1.34. The van der Waals surface area contributed by atoms with Gasteiger partial charge in [-0.1, -0.05) is 6.08 Å². The average molecular weight is 301 g/mol. The molecule has 0 saturated heterocycles. The molecule has 0 aromatic rings. The van der Waals surface area contributed by atoms with E-state index in [-0.39, 0.29) is 10.6 Å². The standard InChI is InChI=1S/C12H15NO4S2/c1-4-6-18-12-8(14)7-9(19(3,16)17)11(15)10(12)13-5-2/h4,7,13H,1,5-6H2,2-3H3. The summed E-state index contributed by atoms with van der Waals surface area (Å²) >= 11 is 1.16. The van der Waals surface area contributed by atoms with Crippen molar-refractivity contribution in [1.82, 2.24) is 5.32 Å². The molecule has 0 heterocycles. The minimum absolute atomic E-state index is 0.0577. The zero-order valence-corrected chi connectivity index (χ0v) is 12.4. The summed E-state index contributed by atoms with van der Waals surface area (Å²) in [6.45, 7) is 5.73. The Bertz CT molecular complexity index is 585. The molecule has 0 fully saturated rings. The third-order valence-corrected chi connectivity index (χ3v) is 4.46. The first-order chi connectivity index (χ1) is 8.82. The van der Waals surface area contributed by atoms with Crippen LogP contribution < -0.4 is 5.32 Å². The fourth-order valence-electron chi connectivity index (χ4n) is 1.50. The summed E-state index contributed by atoms with van der Waals surface area (Å²) in [5, 5.41) is 2.77. The van der Waals surface area contributed by atoms with Crippen molar-refractivity contribution in [2.75, 3.05) is 18.6 Å². The molecule has 1 N–H and O–H groups in total. The van der Waals surface area contributed by atoms with Gasteiger partial charge in [0.15, 0.2) is 15.6 Å². The van der Waals surface area contributed by atoms with Gasteiger partial charge in [-0.2, -0.15) is 0 Å². The molecule has 19 heavy (non-hydrogen) atoms. The molecule has 1 rings (SSSR count). The van der Waals surface area contributed by atoms with Crippen molar-refractivity contribution < 1.29 is 18.0 Å². The van der Waals surface area contributed by atoms with Crippen molar-refractivity contribution in [3.05, 3.63) is 34.2 Å². The molecule has 0 atom stereocenters. The Kier molecular flexibility index (Phi) is 5.13. The van der Waals surface area contributed by atoms with Crippen LogP contribution in [0.2, 0.25) is 0 Å². The fraction of sp³-hybridized carbons (Fsp3) is 0.333. The van der Waals surface area contributed by atoms with Crippen molar-refractivity contribution in [3.63, 3.8) is 0 Å². The fourth-order valence-corrected chi connectivity index (χ4v) is 3.05. The summed E-state index contributed by atoms with van der Waals surface area (Å²) in [7, 11) is -3.72. The van der Waals surface area contributed by atoms with Gasteiger partial charge < -0.3 is 5.32 Å². The Morgan fingerprint density at radius 1 is 1.42 bits per heavy atom. The maximum Gasteiger partial charge on any atom is 0.221 e. The third kappa shape index (κ3) is 3.57. The maximum absolute atomic E-state index is 12.1. The summed E-state index contributed by atoms with van der Waals surface area (Å²) in [6, 6.07) is 0. The quantitative estimate of drug-likeness (QED) is 0.577. The molecule has 0 aromatic heterocycles. The number of rotatable bonds is 6. The van der Waals surface area contributed by atoms with Crippen LogP contribution in [-0.4, -0.2) is 38.5 Å². The lowest BCUT2D eigenvalue weighted by atomic mass is 10.1. The highest BCUT2D eigenvalue weighted by molar-refractivity contribution is 8.04. The number of carbonyl (C=O) groups excluding carboxylic acids is 2. The summed E-state index contributed by atoms with van der Waals surface area (Å²) in [4.78, 5) is 23.8. The number of hydrogen-bond acceptors (Lipinski definition) is 6. The lowest BCUT2D eigenvalue weighted by Crippen LogP contribution is -2.30. The Morgan fingerprint density at radius 2 is 2.05 bits per heavy atom. The van der Waals surface area contributed by atoms with Gasteiger partial charge in [0.1, 0.15) is 10.6 Å². The van der Waals surface area contributed by atoms with E-state index in [4.69, 9.17) is 0 Å². The molecule has 5 nitrogen and oxygen atoms in total. The average Bonchev–Trinajstić information content (AvgIpc) is 2.31. The van der Waals surface area contributed by atoms with Crippen molar-refractivity contribution in [3.8, 4) is 0 Å². The molecule has 1 aliphatic rings. The highest BCUT2D eigenvalue weighted by Gasteiger charge is 2.33. The third-order valence-electron chi connectivity index (χ3n) is 2.26. The van der Waals surface area contributed by atoms with Crippen molar-refractivity contribution in [2.24, 2.45) is 0 Å². The number of ketones is 2. The molecule has 0 radical (unpaired) electrons. The molecule has 0 bridgehead atoms. The van der Waals surface area contributed by atoms with Crippen LogP contribution in [0.4, 0.5) is 0 Å². The van der Waals surface area contributed by atoms with Crippen LogP contribution in [0.1, 0.15) is 6.92 Å².